The maximum atomic E-state index is 13.4. The molecule has 0 radical (unpaired) electrons. The number of rotatable bonds is 8. The van der Waals surface area contributed by atoms with Crippen LogP contribution in [0.25, 0.3) is 0 Å². The molecule has 0 spiro atoms. The fraction of sp³-hybridized carbons (Fsp3) is 0.625. The minimum absolute atomic E-state index is 0.193. The Balaban J connectivity index is 2.98. The SMILES string of the molecule is CCCC(CCC)C(NCC)c1ccc(F)c(Br)c1. The van der Waals surface area contributed by atoms with Gasteiger partial charge < -0.3 is 5.32 Å². The molecule has 1 nitrogen and oxygen atoms in total. The lowest BCUT2D eigenvalue weighted by Crippen LogP contribution is -2.28. The molecule has 1 aromatic rings. The number of halogens is 2. The van der Waals surface area contributed by atoms with Gasteiger partial charge in [-0.1, -0.05) is 39.7 Å². The van der Waals surface area contributed by atoms with E-state index in [2.05, 4.69) is 42.0 Å². The summed E-state index contributed by atoms with van der Waals surface area (Å²) in [5.74, 6) is 0.425. The first kappa shape index (κ1) is 16.6. The highest BCUT2D eigenvalue weighted by atomic mass is 79.9. The summed E-state index contributed by atoms with van der Waals surface area (Å²) in [6.45, 7) is 7.52. The summed E-state index contributed by atoms with van der Waals surface area (Å²) >= 11 is 3.29. The molecular weight excluding hydrogens is 305 g/mol. The van der Waals surface area contributed by atoms with Gasteiger partial charge in [0.2, 0.25) is 0 Å². The third kappa shape index (κ3) is 4.88. The Morgan fingerprint density at radius 3 is 2.26 bits per heavy atom. The van der Waals surface area contributed by atoms with Crippen LogP contribution in [0.15, 0.2) is 22.7 Å². The summed E-state index contributed by atoms with van der Waals surface area (Å²) in [4.78, 5) is 0. The summed E-state index contributed by atoms with van der Waals surface area (Å²) < 4.78 is 13.9. The smallest absolute Gasteiger partial charge is 0.137 e. The third-order valence-corrected chi connectivity index (χ3v) is 4.12. The van der Waals surface area contributed by atoms with E-state index in [-0.39, 0.29) is 5.82 Å². The Kier molecular flexibility index (Phi) is 7.62. The summed E-state index contributed by atoms with van der Waals surface area (Å²) in [7, 11) is 0. The van der Waals surface area contributed by atoms with Gasteiger partial charge in [0.15, 0.2) is 0 Å². The topological polar surface area (TPSA) is 12.0 Å². The summed E-state index contributed by atoms with van der Waals surface area (Å²) in [6.07, 6.45) is 4.80. The molecule has 0 aliphatic carbocycles. The number of hydrogen-bond donors (Lipinski definition) is 1. The molecule has 19 heavy (non-hydrogen) atoms. The van der Waals surface area contributed by atoms with E-state index in [1.165, 1.54) is 31.2 Å². The van der Waals surface area contributed by atoms with E-state index in [9.17, 15) is 4.39 Å². The first-order chi connectivity index (χ1) is 9.13. The van der Waals surface area contributed by atoms with Crippen molar-refractivity contribution >= 4 is 15.9 Å². The molecule has 0 aliphatic rings. The Labute approximate surface area is 125 Å². The Hall–Kier alpha value is -0.410. The van der Waals surface area contributed by atoms with Crippen molar-refractivity contribution in [3.8, 4) is 0 Å². The van der Waals surface area contributed by atoms with E-state index in [1.807, 2.05) is 12.1 Å². The van der Waals surface area contributed by atoms with Gasteiger partial charge in [-0.05, 0) is 58.9 Å². The zero-order valence-electron chi connectivity index (χ0n) is 12.2. The van der Waals surface area contributed by atoms with Crippen molar-refractivity contribution in [2.75, 3.05) is 6.54 Å². The molecule has 1 rings (SSSR count). The molecule has 0 amide bonds. The highest BCUT2D eigenvalue weighted by Gasteiger charge is 2.21. The predicted octanol–water partition coefficient (Wildman–Crippen LogP) is 5.46. The highest BCUT2D eigenvalue weighted by Crippen LogP contribution is 2.31. The van der Waals surface area contributed by atoms with Crippen LogP contribution in [0.4, 0.5) is 4.39 Å². The van der Waals surface area contributed by atoms with Gasteiger partial charge in [0.1, 0.15) is 5.82 Å². The van der Waals surface area contributed by atoms with Gasteiger partial charge in [0.05, 0.1) is 4.47 Å². The number of nitrogens with one attached hydrogen (secondary N) is 1. The Bertz CT molecular complexity index is 375. The fourth-order valence-electron chi connectivity index (χ4n) is 2.70. The van der Waals surface area contributed by atoms with Crippen LogP contribution in [0.5, 0.6) is 0 Å². The second-order valence-corrected chi connectivity index (χ2v) is 5.90. The Morgan fingerprint density at radius 1 is 1.16 bits per heavy atom. The maximum absolute atomic E-state index is 13.4. The molecule has 0 aromatic heterocycles. The maximum Gasteiger partial charge on any atom is 0.137 e. The van der Waals surface area contributed by atoms with Crippen LogP contribution in [0, 0.1) is 11.7 Å². The molecule has 1 N–H and O–H groups in total. The fourth-order valence-corrected chi connectivity index (χ4v) is 3.10. The first-order valence-corrected chi connectivity index (χ1v) is 8.11. The van der Waals surface area contributed by atoms with Crippen LogP contribution >= 0.6 is 15.9 Å². The first-order valence-electron chi connectivity index (χ1n) is 7.32. The standard InChI is InChI=1S/C16H25BrFN/c1-4-7-12(8-5-2)16(19-6-3)13-9-10-15(18)14(17)11-13/h9-12,16,19H,4-8H2,1-3H3. The lowest BCUT2D eigenvalue weighted by Gasteiger charge is -2.28. The number of hydrogen-bond acceptors (Lipinski definition) is 1. The summed E-state index contributed by atoms with van der Waals surface area (Å²) in [5.41, 5.74) is 1.18. The summed E-state index contributed by atoms with van der Waals surface area (Å²) in [5, 5.41) is 3.57. The highest BCUT2D eigenvalue weighted by molar-refractivity contribution is 9.10. The van der Waals surface area contributed by atoms with E-state index < -0.39 is 0 Å². The quantitative estimate of drug-likeness (QED) is 0.668. The van der Waals surface area contributed by atoms with Gasteiger partial charge in [-0.2, -0.15) is 0 Å². The molecule has 108 valence electrons. The van der Waals surface area contributed by atoms with Gasteiger partial charge in [-0.3, -0.25) is 0 Å². The van der Waals surface area contributed by atoms with Gasteiger partial charge in [-0.25, -0.2) is 4.39 Å². The van der Waals surface area contributed by atoms with Crippen molar-refractivity contribution in [1.29, 1.82) is 0 Å². The lowest BCUT2D eigenvalue weighted by molar-refractivity contribution is 0.320. The van der Waals surface area contributed by atoms with Crippen LogP contribution in [-0.2, 0) is 0 Å². The van der Waals surface area contributed by atoms with Gasteiger partial charge in [0, 0.05) is 6.04 Å². The molecule has 0 bridgehead atoms. The molecule has 1 aromatic carbocycles. The van der Waals surface area contributed by atoms with Gasteiger partial charge in [-0.15, -0.1) is 0 Å². The van der Waals surface area contributed by atoms with Crippen molar-refractivity contribution in [2.24, 2.45) is 5.92 Å². The molecule has 3 heteroatoms. The molecule has 1 atom stereocenters. The van der Waals surface area contributed by atoms with Crippen molar-refractivity contribution in [3.05, 3.63) is 34.1 Å². The van der Waals surface area contributed by atoms with Crippen LogP contribution < -0.4 is 5.32 Å². The minimum atomic E-state index is -0.193. The minimum Gasteiger partial charge on any atom is -0.310 e. The van der Waals surface area contributed by atoms with Crippen LogP contribution in [0.2, 0.25) is 0 Å². The van der Waals surface area contributed by atoms with Crippen LogP contribution in [-0.4, -0.2) is 6.54 Å². The molecular formula is C16H25BrFN. The van der Waals surface area contributed by atoms with E-state index >= 15 is 0 Å². The second kappa shape index (κ2) is 8.70. The Morgan fingerprint density at radius 2 is 1.79 bits per heavy atom. The van der Waals surface area contributed by atoms with Crippen molar-refractivity contribution in [2.45, 2.75) is 52.5 Å². The molecule has 0 saturated carbocycles. The lowest BCUT2D eigenvalue weighted by atomic mass is 9.86. The molecule has 0 aliphatic heterocycles. The zero-order chi connectivity index (χ0) is 14.3. The van der Waals surface area contributed by atoms with Crippen LogP contribution in [0.3, 0.4) is 0 Å². The van der Waals surface area contributed by atoms with Crippen molar-refractivity contribution in [3.63, 3.8) is 0 Å². The molecule has 0 heterocycles. The second-order valence-electron chi connectivity index (χ2n) is 5.05. The van der Waals surface area contributed by atoms with E-state index in [0.717, 1.165) is 6.54 Å². The number of benzene rings is 1. The van der Waals surface area contributed by atoms with Crippen molar-refractivity contribution < 1.29 is 4.39 Å². The predicted molar refractivity (Wildman–Crippen MR) is 83.8 cm³/mol. The zero-order valence-corrected chi connectivity index (χ0v) is 13.8. The van der Waals surface area contributed by atoms with Gasteiger partial charge >= 0.3 is 0 Å². The van der Waals surface area contributed by atoms with Crippen molar-refractivity contribution in [1.82, 2.24) is 5.32 Å². The molecule has 1 unspecified atom stereocenters. The van der Waals surface area contributed by atoms with Gasteiger partial charge in [0.25, 0.3) is 0 Å². The van der Waals surface area contributed by atoms with E-state index in [4.69, 9.17) is 0 Å². The normalized spacial score (nSPS) is 12.9. The van der Waals surface area contributed by atoms with E-state index in [1.54, 1.807) is 6.07 Å². The average molecular weight is 330 g/mol. The molecule has 0 fully saturated rings. The van der Waals surface area contributed by atoms with E-state index in [0.29, 0.717) is 16.4 Å². The third-order valence-electron chi connectivity index (χ3n) is 3.52. The molecule has 0 saturated heterocycles. The summed E-state index contributed by atoms with van der Waals surface area (Å²) in [6, 6.07) is 5.70. The monoisotopic (exact) mass is 329 g/mol. The van der Waals surface area contributed by atoms with Crippen LogP contribution in [0.1, 0.15) is 58.1 Å². The largest absolute Gasteiger partial charge is 0.310 e. The average Bonchev–Trinajstić information content (AvgIpc) is 2.39.